The lowest BCUT2D eigenvalue weighted by Gasteiger charge is -2.15. The number of fused-ring (bicyclic) bond motifs is 1. The van der Waals surface area contributed by atoms with Crippen molar-refractivity contribution >= 4 is 27.9 Å². The standard InChI is InChI=1S/C23H23N5O3S/c1-30-16-7-8-21(31-2)17(11-16)18-12-19(27-26-18)22(29)24-15-5-3-14(4-6-15)20-13-28-9-10-32-23(28)25-20/h3-11,13,18-19,26-27H,12H2,1-2H3,(H,24,29). The number of carbonyl (C=O) groups is 1. The number of carbonyl (C=O) groups excluding carboxylic acids is 1. The van der Waals surface area contributed by atoms with Crippen molar-refractivity contribution in [1.82, 2.24) is 20.2 Å². The SMILES string of the molecule is COc1ccc(OC)c(C2CC(C(=O)Nc3ccc(-c4cn5ccsc5n4)cc3)NN2)c1. The van der Waals surface area contributed by atoms with Gasteiger partial charge in [-0.3, -0.25) is 9.20 Å². The van der Waals surface area contributed by atoms with Crippen molar-refractivity contribution in [2.75, 3.05) is 19.5 Å². The molecule has 2 unspecified atom stereocenters. The van der Waals surface area contributed by atoms with E-state index in [0.29, 0.717) is 6.42 Å². The van der Waals surface area contributed by atoms with Crippen LogP contribution >= 0.6 is 11.3 Å². The number of ether oxygens (including phenoxy) is 2. The largest absolute Gasteiger partial charge is 0.497 e. The van der Waals surface area contributed by atoms with Crippen molar-refractivity contribution in [3.63, 3.8) is 0 Å². The summed E-state index contributed by atoms with van der Waals surface area (Å²) >= 11 is 1.60. The lowest BCUT2D eigenvalue weighted by molar-refractivity contribution is -0.117. The number of nitrogens with zero attached hydrogens (tertiary/aromatic N) is 2. The van der Waals surface area contributed by atoms with Gasteiger partial charge in [0.1, 0.15) is 17.5 Å². The van der Waals surface area contributed by atoms with Crippen LogP contribution in [0.1, 0.15) is 18.0 Å². The van der Waals surface area contributed by atoms with Crippen molar-refractivity contribution in [2.45, 2.75) is 18.5 Å². The molecule has 5 rings (SSSR count). The number of nitrogens with one attached hydrogen (secondary N) is 3. The van der Waals surface area contributed by atoms with Crippen molar-refractivity contribution in [3.05, 3.63) is 65.8 Å². The summed E-state index contributed by atoms with van der Waals surface area (Å²) in [5.74, 6) is 1.39. The predicted octanol–water partition coefficient (Wildman–Crippen LogP) is 3.63. The van der Waals surface area contributed by atoms with Crippen LogP contribution < -0.4 is 25.6 Å². The summed E-state index contributed by atoms with van der Waals surface area (Å²) in [5.41, 5.74) is 9.89. The van der Waals surface area contributed by atoms with Crippen LogP contribution in [0.5, 0.6) is 11.5 Å². The van der Waals surface area contributed by atoms with Crippen molar-refractivity contribution in [1.29, 1.82) is 0 Å². The Bertz CT molecular complexity index is 1220. The molecule has 1 saturated heterocycles. The lowest BCUT2D eigenvalue weighted by Crippen LogP contribution is -2.39. The zero-order chi connectivity index (χ0) is 22.1. The first-order valence-corrected chi connectivity index (χ1v) is 11.1. The fraction of sp³-hybridized carbons (Fsp3) is 0.217. The zero-order valence-corrected chi connectivity index (χ0v) is 18.5. The Morgan fingerprint density at radius 3 is 2.75 bits per heavy atom. The van der Waals surface area contributed by atoms with E-state index in [0.717, 1.165) is 39.0 Å². The second kappa shape index (κ2) is 8.62. The molecule has 0 spiro atoms. The van der Waals surface area contributed by atoms with Gasteiger partial charge in [-0.15, -0.1) is 11.3 Å². The first kappa shape index (κ1) is 20.5. The van der Waals surface area contributed by atoms with E-state index in [4.69, 9.17) is 9.47 Å². The fourth-order valence-electron chi connectivity index (χ4n) is 3.86. The molecule has 4 aromatic rings. The van der Waals surface area contributed by atoms with Crippen LogP contribution in [0.3, 0.4) is 0 Å². The molecule has 9 heteroatoms. The molecule has 1 aliphatic rings. The van der Waals surface area contributed by atoms with Gasteiger partial charge in [0.25, 0.3) is 0 Å². The average molecular weight is 450 g/mol. The summed E-state index contributed by atoms with van der Waals surface area (Å²) < 4.78 is 12.8. The van der Waals surface area contributed by atoms with Crippen LogP contribution in [0.15, 0.2) is 60.2 Å². The predicted molar refractivity (Wildman–Crippen MR) is 124 cm³/mol. The minimum atomic E-state index is -0.379. The maximum atomic E-state index is 12.8. The second-order valence-corrected chi connectivity index (χ2v) is 8.40. The molecule has 1 amide bonds. The molecule has 2 atom stereocenters. The smallest absolute Gasteiger partial charge is 0.242 e. The Morgan fingerprint density at radius 1 is 1.16 bits per heavy atom. The number of aromatic nitrogens is 2. The third kappa shape index (κ3) is 3.93. The van der Waals surface area contributed by atoms with Gasteiger partial charge in [-0.05, 0) is 36.8 Å². The van der Waals surface area contributed by atoms with Crippen LogP contribution in [0.2, 0.25) is 0 Å². The Kier molecular flexibility index (Phi) is 5.52. The van der Waals surface area contributed by atoms with E-state index < -0.39 is 0 Å². The molecule has 1 aliphatic heterocycles. The fourth-order valence-corrected chi connectivity index (χ4v) is 4.56. The van der Waals surface area contributed by atoms with E-state index in [9.17, 15) is 4.79 Å². The third-order valence-corrected chi connectivity index (χ3v) is 6.34. The van der Waals surface area contributed by atoms with Crippen molar-refractivity contribution in [3.8, 4) is 22.8 Å². The molecule has 0 radical (unpaired) electrons. The summed E-state index contributed by atoms with van der Waals surface area (Å²) in [6, 6.07) is 12.9. The topological polar surface area (TPSA) is 88.9 Å². The van der Waals surface area contributed by atoms with Gasteiger partial charge in [0.15, 0.2) is 4.96 Å². The number of anilines is 1. The highest BCUT2D eigenvalue weighted by Crippen LogP contribution is 2.33. The Balaban J connectivity index is 1.24. The quantitative estimate of drug-likeness (QED) is 0.417. The summed E-state index contributed by atoms with van der Waals surface area (Å²) in [7, 11) is 3.26. The average Bonchev–Trinajstić information content (AvgIpc) is 3.55. The molecule has 3 N–H and O–H groups in total. The molecule has 1 fully saturated rings. The number of hydrazine groups is 1. The summed E-state index contributed by atoms with van der Waals surface area (Å²) in [4.78, 5) is 18.4. The molecule has 0 bridgehead atoms. The number of hydrogen-bond acceptors (Lipinski definition) is 7. The highest BCUT2D eigenvalue weighted by Gasteiger charge is 2.32. The number of methoxy groups -OCH3 is 2. The number of thiazole rings is 1. The highest BCUT2D eigenvalue weighted by atomic mass is 32.1. The molecular weight excluding hydrogens is 426 g/mol. The van der Waals surface area contributed by atoms with Gasteiger partial charge in [-0.1, -0.05) is 12.1 Å². The Hall–Kier alpha value is -3.40. The minimum absolute atomic E-state index is 0.0760. The third-order valence-electron chi connectivity index (χ3n) is 5.57. The van der Waals surface area contributed by atoms with Gasteiger partial charge in [0.05, 0.1) is 26.0 Å². The van der Waals surface area contributed by atoms with Gasteiger partial charge < -0.3 is 14.8 Å². The monoisotopic (exact) mass is 449 g/mol. The van der Waals surface area contributed by atoms with E-state index in [1.54, 1.807) is 25.6 Å². The molecule has 3 heterocycles. The molecule has 0 aliphatic carbocycles. The van der Waals surface area contributed by atoms with Crippen LogP contribution in [0, 0.1) is 0 Å². The molecule has 2 aromatic heterocycles. The number of rotatable bonds is 6. The first-order chi connectivity index (χ1) is 15.6. The van der Waals surface area contributed by atoms with Crippen molar-refractivity contribution < 1.29 is 14.3 Å². The number of amides is 1. The normalized spacial score (nSPS) is 18.1. The van der Waals surface area contributed by atoms with E-state index in [1.165, 1.54) is 0 Å². The number of imidazole rings is 1. The molecule has 2 aromatic carbocycles. The number of hydrogen-bond donors (Lipinski definition) is 3. The van der Waals surface area contributed by atoms with E-state index in [-0.39, 0.29) is 18.0 Å². The Morgan fingerprint density at radius 2 is 2.00 bits per heavy atom. The second-order valence-electron chi connectivity index (χ2n) is 7.52. The van der Waals surface area contributed by atoms with Crippen LogP contribution in [-0.2, 0) is 4.79 Å². The molecule has 32 heavy (non-hydrogen) atoms. The lowest BCUT2D eigenvalue weighted by atomic mass is 10.0. The minimum Gasteiger partial charge on any atom is -0.497 e. The van der Waals surface area contributed by atoms with Gasteiger partial charge in [0, 0.05) is 34.6 Å². The van der Waals surface area contributed by atoms with Crippen molar-refractivity contribution in [2.24, 2.45) is 0 Å². The first-order valence-electron chi connectivity index (χ1n) is 10.2. The maximum Gasteiger partial charge on any atom is 0.242 e. The van der Waals surface area contributed by atoms with Gasteiger partial charge in [0.2, 0.25) is 5.91 Å². The Labute approximate surface area is 189 Å². The summed E-state index contributed by atoms with van der Waals surface area (Å²) in [5, 5.41) is 4.99. The van der Waals surface area contributed by atoms with E-state index in [2.05, 4.69) is 21.2 Å². The van der Waals surface area contributed by atoms with Gasteiger partial charge >= 0.3 is 0 Å². The molecule has 164 valence electrons. The zero-order valence-electron chi connectivity index (χ0n) is 17.7. The van der Waals surface area contributed by atoms with Crippen LogP contribution in [-0.4, -0.2) is 35.6 Å². The van der Waals surface area contributed by atoms with Gasteiger partial charge in [-0.25, -0.2) is 15.8 Å². The molecule has 8 nitrogen and oxygen atoms in total. The van der Waals surface area contributed by atoms with E-state index in [1.807, 2.05) is 64.6 Å². The summed E-state index contributed by atoms with van der Waals surface area (Å²) in [6.45, 7) is 0. The number of benzene rings is 2. The maximum absolute atomic E-state index is 12.8. The van der Waals surface area contributed by atoms with Crippen LogP contribution in [0.4, 0.5) is 5.69 Å². The molecular formula is C23H23N5O3S. The van der Waals surface area contributed by atoms with Gasteiger partial charge in [-0.2, -0.15) is 0 Å². The molecule has 0 saturated carbocycles. The summed E-state index contributed by atoms with van der Waals surface area (Å²) in [6.07, 6.45) is 4.57. The van der Waals surface area contributed by atoms with Crippen LogP contribution in [0.25, 0.3) is 16.2 Å². The van der Waals surface area contributed by atoms with E-state index >= 15 is 0 Å². The highest BCUT2D eigenvalue weighted by molar-refractivity contribution is 7.15.